The summed E-state index contributed by atoms with van der Waals surface area (Å²) in [4.78, 5) is 5.25. The minimum Gasteiger partial charge on any atom is -0.504 e. The van der Waals surface area contributed by atoms with Gasteiger partial charge in [-0.05, 0) is 133 Å². The van der Waals surface area contributed by atoms with E-state index in [1.807, 2.05) is 6.07 Å². The lowest BCUT2D eigenvalue weighted by Gasteiger charge is -2.76. The Morgan fingerprint density at radius 2 is 1.20 bits per heavy atom. The maximum atomic E-state index is 10.9. The van der Waals surface area contributed by atoms with Crippen LogP contribution >= 0.6 is 0 Å². The van der Waals surface area contributed by atoms with Gasteiger partial charge in [-0.25, -0.2) is 0 Å². The number of aromatic hydroxyl groups is 1. The van der Waals surface area contributed by atoms with E-state index in [9.17, 15) is 5.11 Å². The van der Waals surface area contributed by atoms with Gasteiger partial charge in [0.1, 0.15) is 42.7 Å². The van der Waals surface area contributed by atoms with Crippen LogP contribution in [0.1, 0.15) is 106 Å². The zero-order valence-corrected chi connectivity index (χ0v) is 40.4. The van der Waals surface area contributed by atoms with E-state index in [0.29, 0.717) is 31.4 Å². The SMILES string of the molecule is C.C.CN1CC[C@]23c4c5ccc(O)c4O[C@H]2[C@@]24CC[C@@]3(C[C@@H]2[C@](C)(Cc2ccccc2)OCO4)[C@H]1C5.Cc1ccc2c3c1O[C@H]1[C@@]45C=C[C@@]6(C[C@@H]4[C@](C)(Cc4ccccc4)OCO5)[C@@H](C2)N(C)CC[C@]316. The zero-order chi connectivity index (χ0) is 45.8. The van der Waals surface area contributed by atoms with E-state index in [-0.39, 0.29) is 77.4 Å². The molecule has 0 amide bonds. The topological polar surface area (TPSA) is 82.1 Å². The Morgan fingerprint density at radius 1 is 0.600 bits per heavy atom. The fourth-order valence-corrected chi connectivity index (χ4v) is 19.2. The van der Waals surface area contributed by atoms with E-state index < -0.39 is 5.60 Å². The average molecular weight is 947 g/mol. The van der Waals surface area contributed by atoms with Crippen LogP contribution < -0.4 is 9.47 Å². The molecule has 0 aromatic heterocycles. The highest BCUT2D eigenvalue weighted by Crippen LogP contribution is 2.79. The fraction of sp³-hybridized carbons (Fsp3) is 0.574. The number of likely N-dealkylation sites (N-methyl/N-ethyl adjacent to an activating group) is 2. The molecule has 9 heteroatoms. The minimum absolute atomic E-state index is 0. The van der Waals surface area contributed by atoms with Gasteiger partial charge in [-0.1, -0.05) is 106 Å². The van der Waals surface area contributed by atoms with Crippen molar-refractivity contribution in [1.29, 1.82) is 0 Å². The van der Waals surface area contributed by atoms with Gasteiger partial charge in [-0.15, -0.1) is 0 Å². The molecule has 70 heavy (non-hydrogen) atoms. The summed E-state index contributed by atoms with van der Waals surface area (Å²) in [7, 11) is 4.65. The van der Waals surface area contributed by atoms with Crippen LogP contribution in [0.4, 0.5) is 0 Å². The quantitative estimate of drug-likeness (QED) is 0.201. The maximum Gasteiger partial charge on any atom is 0.165 e. The smallest absolute Gasteiger partial charge is 0.165 e. The summed E-state index contributed by atoms with van der Waals surface area (Å²) in [5.74, 6) is 2.67. The molecule has 0 radical (unpaired) electrons. The number of piperidine rings is 2. The number of likely N-dealkylation sites (tertiary alicyclic amines) is 2. The van der Waals surface area contributed by atoms with Crippen molar-refractivity contribution in [2.24, 2.45) is 22.7 Å². The Morgan fingerprint density at radius 3 is 1.91 bits per heavy atom. The molecule has 8 aliphatic carbocycles. The van der Waals surface area contributed by atoms with Crippen molar-refractivity contribution < 1.29 is 33.5 Å². The molecule has 4 aromatic carbocycles. The third-order valence-electron chi connectivity index (χ3n) is 21.9. The largest absolute Gasteiger partial charge is 0.504 e. The van der Waals surface area contributed by atoms with Crippen molar-refractivity contribution in [3.8, 4) is 17.2 Å². The summed E-state index contributed by atoms with van der Waals surface area (Å²) in [6.07, 6.45) is 15.4. The average Bonchev–Trinajstić information content (AvgIpc) is 3.91. The van der Waals surface area contributed by atoms with E-state index in [2.05, 4.69) is 136 Å². The number of phenols is 1. The Kier molecular flexibility index (Phi) is 9.60. The van der Waals surface area contributed by atoms with Gasteiger partial charge in [0.2, 0.25) is 0 Å². The molecule has 6 aliphatic heterocycles. The van der Waals surface area contributed by atoms with Crippen molar-refractivity contribution in [3.05, 3.63) is 136 Å². The first kappa shape index (κ1) is 45.6. The molecule has 4 saturated heterocycles. The van der Waals surface area contributed by atoms with Crippen LogP contribution in [-0.4, -0.2) is 102 Å². The lowest BCUT2D eigenvalue weighted by Crippen LogP contribution is -2.83. The van der Waals surface area contributed by atoms with Crippen molar-refractivity contribution in [2.45, 2.75) is 157 Å². The Balaban J connectivity index is 0.000000133. The van der Waals surface area contributed by atoms with Gasteiger partial charge in [0.25, 0.3) is 0 Å². The van der Waals surface area contributed by atoms with Gasteiger partial charge >= 0.3 is 0 Å². The molecule has 1 N–H and O–H groups in total. The van der Waals surface area contributed by atoms with Gasteiger partial charge in [0.05, 0.1) is 16.6 Å². The van der Waals surface area contributed by atoms with Gasteiger partial charge in [0, 0.05) is 64.1 Å². The highest BCUT2D eigenvalue weighted by molar-refractivity contribution is 5.65. The summed E-state index contributed by atoms with van der Waals surface area (Å²) in [5, 5.41) is 10.9. The second-order valence-electron chi connectivity index (χ2n) is 24.1. The number of ether oxygens (including phenoxy) is 6. The van der Waals surface area contributed by atoms with Gasteiger partial charge in [0.15, 0.2) is 11.5 Å². The van der Waals surface area contributed by atoms with Crippen LogP contribution in [0.25, 0.3) is 0 Å². The molecular weight excluding hydrogens is 873 g/mol. The molecule has 8 bridgehead atoms. The number of phenolic OH excluding ortho intramolecular Hbond substituents is 1. The van der Waals surface area contributed by atoms with Crippen LogP contribution in [0, 0.1) is 29.6 Å². The van der Waals surface area contributed by atoms with Gasteiger partial charge in [-0.2, -0.15) is 0 Å². The second-order valence-corrected chi connectivity index (χ2v) is 24.1. The lowest BCUT2D eigenvalue weighted by atomic mass is 9.33. The Bertz CT molecular complexity index is 2810. The van der Waals surface area contributed by atoms with Crippen LogP contribution in [0.15, 0.2) is 97.1 Å². The predicted octanol–water partition coefficient (Wildman–Crippen LogP) is 10.0. The minimum atomic E-state index is -0.454. The van der Waals surface area contributed by atoms with E-state index in [4.69, 9.17) is 28.4 Å². The van der Waals surface area contributed by atoms with E-state index >= 15 is 0 Å². The molecule has 14 atom stereocenters. The summed E-state index contributed by atoms with van der Waals surface area (Å²) >= 11 is 0. The second kappa shape index (κ2) is 14.7. The monoisotopic (exact) mass is 947 g/mol. The molecule has 14 aliphatic rings. The van der Waals surface area contributed by atoms with E-state index in [1.54, 1.807) is 0 Å². The molecule has 9 nitrogen and oxygen atoms in total. The van der Waals surface area contributed by atoms with Gasteiger partial charge in [-0.3, -0.25) is 0 Å². The molecule has 18 rings (SSSR count). The molecular formula is C61H74N2O7. The standard InChI is InChI=1S/C30H33NO3.C29H33NO4.2CH4/c1-19-9-10-21-15-23-28-11-12-30(26-29(28,13-14-31(23)3)24(21)25(19)34-26)22(17-28)27(2,32-18-33-30)16-20-7-5-4-6-8-20;1-26(15-18-6-4-3-5-7-18)21-16-27-10-11-29(21,33-17-32-26)25-28(27)12-13-30(2)22(27)14-19-8-9-20(31)24(34-25)23(19)28;;/h4-12,22-23,26H,13-18H2,1-3H3;3-9,21-22,25,31H,10-17H2,1-2H3;2*1H4/t22-,23-,26-,27+,28-,29+,30-;21-,22-,25-,26+,27-,28+,29-;;/m11../s1. The number of rotatable bonds is 4. The molecule has 6 spiro atoms. The molecule has 0 unspecified atom stereocenters. The Labute approximate surface area is 415 Å². The number of benzene rings is 4. The molecule has 4 aromatic rings. The van der Waals surface area contributed by atoms with Crippen LogP contribution in [0.3, 0.4) is 0 Å². The molecule has 8 fully saturated rings. The normalized spacial score (nSPS) is 43.9. The van der Waals surface area contributed by atoms with Crippen LogP contribution in [0.5, 0.6) is 17.2 Å². The Hall–Kier alpha value is -4.22. The highest BCUT2D eigenvalue weighted by Gasteiger charge is 2.84. The number of aryl methyl sites for hydroxylation is 1. The first-order chi connectivity index (χ1) is 32.9. The third-order valence-corrected chi connectivity index (χ3v) is 21.9. The van der Waals surface area contributed by atoms with Crippen molar-refractivity contribution in [3.63, 3.8) is 0 Å². The first-order valence-electron chi connectivity index (χ1n) is 25.9. The first-order valence-corrected chi connectivity index (χ1v) is 25.9. The molecule has 6 heterocycles. The highest BCUT2D eigenvalue weighted by atomic mass is 16.7. The summed E-state index contributed by atoms with van der Waals surface area (Å²) in [5.41, 5.74) is 8.23. The summed E-state index contributed by atoms with van der Waals surface area (Å²) in [6, 6.07) is 31.2. The molecule has 4 saturated carbocycles. The number of nitrogens with zero attached hydrogens (tertiary/aromatic N) is 2. The van der Waals surface area contributed by atoms with Crippen molar-refractivity contribution >= 4 is 0 Å². The van der Waals surface area contributed by atoms with E-state index in [0.717, 1.165) is 88.8 Å². The number of fused-ring (bicyclic) bond motifs is 1. The predicted molar refractivity (Wildman–Crippen MR) is 271 cm³/mol. The third kappa shape index (κ3) is 5.11. The lowest BCUT2D eigenvalue weighted by molar-refractivity contribution is -0.374. The van der Waals surface area contributed by atoms with Crippen molar-refractivity contribution in [1.82, 2.24) is 9.80 Å². The fourth-order valence-electron chi connectivity index (χ4n) is 19.2. The zero-order valence-electron chi connectivity index (χ0n) is 40.4. The number of hydrogen-bond donors (Lipinski definition) is 1. The van der Waals surface area contributed by atoms with Gasteiger partial charge < -0.3 is 43.3 Å². The summed E-state index contributed by atoms with van der Waals surface area (Å²) < 4.78 is 40.7. The maximum absolute atomic E-state index is 10.9. The summed E-state index contributed by atoms with van der Waals surface area (Å²) in [6.45, 7) is 9.66. The number of hydrogen-bond acceptors (Lipinski definition) is 9. The molecule has 370 valence electrons. The van der Waals surface area contributed by atoms with Crippen LogP contribution in [0.2, 0.25) is 0 Å². The van der Waals surface area contributed by atoms with Crippen molar-refractivity contribution in [2.75, 3.05) is 40.8 Å². The van der Waals surface area contributed by atoms with Crippen LogP contribution in [-0.2, 0) is 55.5 Å². The van der Waals surface area contributed by atoms with E-state index in [1.165, 1.54) is 38.9 Å².